The first kappa shape index (κ1) is 25.7. The van der Waals surface area contributed by atoms with Crippen molar-refractivity contribution in [2.24, 2.45) is 0 Å². The maximum absolute atomic E-state index is 14.3. The number of carbonyl (C=O) groups excluding carboxylic acids is 2. The molecule has 0 saturated heterocycles. The van der Waals surface area contributed by atoms with E-state index in [1.807, 2.05) is 35.7 Å². The van der Waals surface area contributed by atoms with Crippen LogP contribution in [0.3, 0.4) is 0 Å². The fraction of sp³-hybridized carbons (Fsp3) is 0.333. The number of hydrogen-bond acceptors (Lipinski definition) is 6. The Bertz CT molecular complexity index is 1200. The minimum Gasteiger partial charge on any atom is -0.493 e. The van der Waals surface area contributed by atoms with Gasteiger partial charge >= 0.3 is 0 Å². The summed E-state index contributed by atoms with van der Waals surface area (Å²) >= 11 is 1.66. The van der Waals surface area contributed by atoms with Gasteiger partial charge in [0.1, 0.15) is 19.0 Å². The quantitative estimate of drug-likeness (QED) is 0.408. The zero-order valence-electron chi connectivity index (χ0n) is 20.3. The van der Waals surface area contributed by atoms with Gasteiger partial charge in [0, 0.05) is 25.1 Å². The van der Waals surface area contributed by atoms with E-state index in [0.717, 1.165) is 12.0 Å². The van der Waals surface area contributed by atoms with Crippen LogP contribution in [-0.2, 0) is 16.0 Å². The molecule has 1 aliphatic heterocycles. The molecular formula is C27H29FN2O5S. The molecule has 9 heteroatoms. The van der Waals surface area contributed by atoms with Gasteiger partial charge in [0.2, 0.25) is 5.91 Å². The number of carbonyl (C=O) groups is 2. The van der Waals surface area contributed by atoms with Crippen molar-refractivity contribution < 1.29 is 28.2 Å². The summed E-state index contributed by atoms with van der Waals surface area (Å²) in [5.74, 6) is -0.208. The van der Waals surface area contributed by atoms with E-state index in [4.69, 9.17) is 14.2 Å². The number of hydrogen-bond donors (Lipinski definition) is 0. The van der Waals surface area contributed by atoms with E-state index in [1.54, 1.807) is 29.4 Å². The van der Waals surface area contributed by atoms with E-state index in [0.29, 0.717) is 18.0 Å². The molecule has 7 nitrogen and oxygen atoms in total. The summed E-state index contributed by atoms with van der Waals surface area (Å²) in [6, 6.07) is 14.8. The van der Waals surface area contributed by atoms with Gasteiger partial charge in [-0.25, -0.2) is 4.39 Å². The Kier molecular flexibility index (Phi) is 8.56. The molecule has 3 aromatic rings. The number of fused-ring (bicyclic) bond motifs is 1. The van der Waals surface area contributed by atoms with Crippen LogP contribution in [0.4, 0.5) is 4.39 Å². The number of thiophene rings is 1. The average molecular weight is 513 g/mol. The van der Waals surface area contributed by atoms with E-state index in [-0.39, 0.29) is 43.8 Å². The Morgan fingerprint density at radius 1 is 1.08 bits per heavy atom. The van der Waals surface area contributed by atoms with Gasteiger partial charge < -0.3 is 24.0 Å². The maximum Gasteiger partial charge on any atom is 0.257 e. The summed E-state index contributed by atoms with van der Waals surface area (Å²) in [4.78, 5) is 31.0. The molecule has 0 unspecified atom stereocenters. The normalized spacial score (nSPS) is 14.8. The largest absolute Gasteiger partial charge is 0.493 e. The predicted molar refractivity (Wildman–Crippen MR) is 135 cm³/mol. The fourth-order valence-corrected chi connectivity index (χ4v) is 5.22. The molecular weight excluding hydrogens is 483 g/mol. The van der Waals surface area contributed by atoms with Gasteiger partial charge in [-0.2, -0.15) is 0 Å². The number of methoxy groups -OCH3 is 2. The number of halogens is 1. The molecule has 1 aromatic heterocycles. The van der Waals surface area contributed by atoms with E-state index < -0.39 is 11.7 Å². The summed E-state index contributed by atoms with van der Waals surface area (Å²) in [6.45, 7) is 0.923. The van der Waals surface area contributed by atoms with Crippen molar-refractivity contribution in [3.63, 3.8) is 0 Å². The lowest BCUT2D eigenvalue weighted by atomic mass is 10.0. The van der Waals surface area contributed by atoms with Crippen LogP contribution in [0.15, 0.2) is 60.0 Å². The third kappa shape index (κ3) is 5.68. The third-order valence-electron chi connectivity index (χ3n) is 6.16. The van der Waals surface area contributed by atoms with Crippen LogP contribution in [0.2, 0.25) is 0 Å². The molecule has 0 saturated carbocycles. The third-order valence-corrected chi connectivity index (χ3v) is 7.16. The highest BCUT2D eigenvalue weighted by Gasteiger charge is 2.34. The Hall–Kier alpha value is -3.43. The zero-order chi connectivity index (χ0) is 25.5. The van der Waals surface area contributed by atoms with Crippen LogP contribution in [-0.4, -0.2) is 68.7 Å². The zero-order valence-corrected chi connectivity index (χ0v) is 21.1. The first-order chi connectivity index (χ1) is 17.5. The second-order valence-corrected chi connectivity index (χ2v) is 9.31. The highest BCUT2D eigenvalue weighted by Crippen LogP contribution is 2.35. The number of rotatable bonds is 10. The van der Waals surface area contributed by atoms with Crippen LogP contribution in [0.1, 0.15) is 26.8 Å². The highest BCUT2D eigenvalue weighted by molar-refractivity contribution is 7.10. The van der Waals surface area contributed by atoms with E-state index in [9.17, 15) is 14.0 Å². The maximum atomic E-state index is 14.3. The van der Waals surface area contributed by atoms with Gasteiger partial charge in [0.25, 0.3) is 5.91 Å². The molecule has 0 bridgehead atoms. The van der Waals surface area contributed by atoms with Crippen molar-refractivity contribution in [2.75, 3.05) is 47.1 Å². The van der Waals surface area contributed by atoms with Crippen molar-refractivity contribution in [3.05, 3.63) is 81.8 Å². The summed E-state index contributed by atoms with van der Waals surface area (Å²) in [5, 5.41) is 2.02. The molecule has 0 spiro atoms. The number of amides is 2. The molecule has 0 fully saturated rings. The number of para-hydroxylation sites is 2. The Morgan fingerprint density at radius 3 is 2.58 bits per heavy atom. The van der Waals surface area contributed by atoms with Gasteiger partial charge in [-0.3, -0.25) is 9.59 Å². The average Bonchev–Trinajstić information content (AvgIpc) is 3.39. The number of nitrogens with zero attached hydrogens (tertiary/aromatic N) is 2. The highest BCUT2D eigenvalue weighted by atomic mass is 32.1. The fourth-order valence-electron chi connectivity index (χ4n) is 4.29. The lowest BCUT2D eigenvalue weighted by Crippen LogP contribution is -2.48. The first-order valence-electron chi connectivity index (χ1n) is 11.7. The van der Waals surface area contributed by atoms with Crippen LogP contribution >= 0.6 is 11.3 Å². The van der Waals surface area contributed by atoms with Crippen LogP contribution < -0.4 is 9.47 Å². The lowest BCUT2D eigenvalue weighted by Gasteiger charge is -2.37. The Labute approximate surface area is 214 Å². The molecule has 1 atom stereocenters. The topological polar surface area (TPSA) is 68.3 Å². The smallest absolute Gasteiger partial charge is 0.257 e. The monoisotopic (exact) mass is 512 g/mol. The molecule has 2 heterocycles. The van der Waals surface area contributed by atoms with Crippen molar-refractivity contribution >= 4 is 23.2 Å². The van der Waals surface area contributed by atoms with E-state index in [2.05, 4.69) is 0 Å². The minimum atomic E-state index is -0.624. The van der Waals surface area contributed by atoms with Crippen molar-refractivity contribution in [2.45, 2.75) is 12.5 Å². The van der Waals surface area contributed by atoms with Crippen molar-refractivity contribution in [1.82, 2.24) is 9.80 Å². The molecule has 0 N–H and O–H groups in total. The Balaban J connectivity index is 1.54. The second-order valence-electron chi connectivity index (χ2n) is 8.31. The molecule has 2 amide bonds. The number of ether oxygens (including phenoxy) is 3. The number of benzene rings is 2. The molecule has 4 rings (SSSR count). The van der Waals surface area contributed by atoms with Gasteiger partial charge in [-0.1, -0.05) is 24.3 Å². The van der Waals surface area contributed by atoms with Crippen LogP contribution in [0.25, 0.3) is 0 Å². The van der Waals surface area contributed by atoms with Crippen LogP contribution in [0, 0.1) is 5.82 Å². The van der Waals surface area contributed by atoms with E-state index >= 15 is 0 Å². The minimum absolute atomic E-state index is 0.0729. The lowest BCUT2D eigenvalue weighted by molar-refractivity contribution is -0.135. The van der Waals surface area contributed by atoms with Gasteiger partial charge in [-0.15, -0.1) is 11.3 Å². The summed E-state index contributed by atoms with van der Waals surface area (Å²) < 4.78 is 31.0. The van der Waals surface area contributed by atoms with E-state index in [1.165, 1.54) is 35.1 Å². The van der Waals surface area contributed by atoms with Gasteiger partial charge in [0.05, 0.1) is 25.3 Å². The van der Waals surface area contributed by atoms with Crippen LogP contribution in [0.5, 0.6) is 11.5 Å². The van der Waals surface area contributed by atoms with Gasteiger partial charge in [-0.05, 0) is 47.7 Å². The SMILES string of the molecule is COCCN(CC(=O)N1CCc2sccc2[C@@H]1COc1ccccc1OC)C(=O)c1ccccc1F. The second kappa shape index (κ2) is 12.0. The summed E-state index contributed by atoms with van der Waals surface area (Å²) in [5.41, 5.74) is 0.967. The molecule has 0 aliphatic carbocycles. The van der Waals surface area contributed by atoms with Crippen molar-refractivity contribution in [1.29, 1.82) is 0 Å². The summed E-state index contributed by atoms with van der Waals surface area (Å²) in [7, 11) is 3.10. The molecule has 2 aromatic carbocycles. The van der Waals surface area contributed by atoms with Gasteiger partial charge in [0.15, 0.2) is 11.5 Å². The predicted octanol–water partition coefficient (Wildman–Crippen LogP) is 4.19. The molecule has 190 valence electrons. The first-order valence-corrected chi connectivity index (χ1v) is 12.6. The van der Waals surface area contributed by atoms with Crippen molar-refractivity contribution in [3.8, 4) is 11.5 Å². The molecule has 1 aliphatic rings. The summed E-state index contributed by atoms with van der Waals surface area (Å²) in [6.07, 6.45) is 0.725. The molecule has 36 heavy (non-hydrogen) atoms. The standard InChI is InChI=1S/C27H29FN2O5S/c1-33-15-14-29(27(32)19-7-3-4-8-21(19)28)17-26(31)30-13-11-25-20(12-16-36-25)22(30)18-35-24-10-6-5-9-23(24)34-2/h3-10,12,16,22H,11,13-15,17-18H2,1-2H3/t22-/m0/s1. The molecule has 0 radical (unpaired) electrons. The Morgan fingerprint density at radius 2 is 1.83 bits per heavy atom.